The second-order valence-corrected chi connectivity index (χ2v) is 8.03. The van der Waals surface area contributed by atoms with Gasteiger partial charge in [-0.25, -0.2) is 9.18 Å². The summed E-state index contributed by atoms with van der Waals surface area (Å²) in [6.07, 6.45) is 1.81. The van der Waals surface area contributed by atoms with Crippen LogP contribution in [0.5, 0.6) is 0 Å². The van der Waals surface area contributed by atoms with E-state index in [1.54, 1.807) is 0 Å². The molecule has 2 atom stereocenters. The average molecular weight is 401 g/mol. The van der Waals surface area contributed by atoms with Gasteiger partial charge in [0, 0.05) is 19.1 Å². The lowest BCUT2D eigenvalue weighted by molar-refractivity contribution is 0.103. The quantitative estimate of drug-likeness (QED) is 0.520. The van der Waals surface area contributed by atoms with Crippen LogP contribution in [0.4, 0.5) is 4.39 Å². The van der Waals surface area contributed by atoms with E-state index in [0.717, 1.165) is 42.5 Å². The molecule has 0 spiro atoms. The van der Waals surface area contributed by atoms with Crippen molar-refractivity contribution < 1.29 is 4.39 Å². The summed E-state index contributed by atoms with van der Waals surface area (Å²) in [5.41, 5.74) is 4.12. The third kappa shape index (κ3) is 3.57. The number of piperidine rings is 1. The van der Waals surface area contributed by atoms with Crippen LogP contribution in [0.2, 0.25) is 0 Å². The maximum atomic E-state index is 13.5. The number of para-hydroxylation sites is 2. The number of nitrogens with zero attached hydrogens (tertiary/aromatic N) is 2. The second-order valence-electron chi connectivity index (χ2n) is 8.03. The van der Waals surface area contributed by atoms with Gasteiger partial charge in [0.05, 0.1) is 17.1 Å². The van der Waals surface area contributed by atoms with Gasteiger partial charge >= 0.3 is 5.69 Å². The lowest BCUT2D eigenvalue weighted by Crippen LogP contribution is -2.40. The molecular weight excluding hydrogens is 377 g/mol. The molecule has 4 aromatic rings. The maximum absolute atomic E-state index is 13.5. The molecule has 30 heavy (non-hydrogen) atoms. The fourth-order valence-corrected chi connectivity index (χ4v) is 4.72. The van der Waals surface area contributed by atoms with Gasteiger partial charge in [-0.15, -0.1) is 0 Å². The number of H-pyrrole nitrogens is 1. The molecule has 3 aromatic carbocycles. The number of nitrogens with one attached hydrogen (secondary N) is 1. The topological polar surface area (TPSA) is 41.0 Å². The summed E-state index contributed by atoms with van der Waals surface area (Å²) in [5, 5.41) is 0. The zero-order chi connectivity index (χ0) is 20.5. The summed E-state index contributed by atoms with van der Waals surface area (Å²) in [6, 6.07) is 25.4. The molecule has 1 saturated heterocycles. The van der Waals surface area contributed by atoms with Gasteiger partial charge in [0.2, 0.25) is 0 Å². The SMILES string of the molecule is O=c1[nH]c2ccccc2n1[C@@H]1CC[C@H](c2ccc(F)cc2)N(Cc2ccccc2)C1. The molecule has 0 amide bonds. The first-order valence-electron chi connectivity index (χ1n) is 10.4. The number of hydrogen-bond acceptors (Lipinski definition) is 2. The minimum absolute atomic E-state index is 0.0545. The number of imidazole rings is 1. The van der Waals surface area contributed by atoms with Gasteiger partial charge < -0.3 is 4.98 Å². The number of halogens is 1. The summed E-state index contributed by atoms with van der Waals surface area (Å²) in [4.78, 5) is 18.1. The monoisotopic (exact) mass is 401 g/mol. The van der Waals surface area contributed by atoms with Crippen LogP contribution in [0, 0.1) is 5.82 Å². The molecule has 5 heteroatoms. The van der Waals surface area contributed by atoms with Crippen molar-refractivity contribution in [1.29, 1.82) is 0 Å². The zero-order valence-corrected chi connectivity index (χ0v) is 16.7. The summed E-state index contributed by atoms with van der Waals surface area (Å²) in [6.45, 7) is 1.55. The highest BCUT2D eigenvalue weighted by Gasteiger charge is 2.31. The number of aromatic nitrogens is 2. The Morgan fingerprint density at radius 3 is 2.43 bits per heavy atom. The third-order valence-corrected chi connectivity index (χ3v) is 6.13. The molecule has 1 fully saturated rings. The Kier molecular flexibility index (Phi) is 4.97. The number of hydrogen-bond donors (Lipinski definition) is 1. The molecule has 4 nitrogen and oxygen atoms in total. The Labute approximate surface area is 174 Å². The van der Waals surface area contributed by atoms with E-state index in [4.69, 9.17) is 0 Å². The van der Waals surface area contributed by atoms with Crippen LogP contribution < -0.4 is 5.69 Å². The van der Waals surface area contributed by atoms with Crippen LogP contribution in [-0.2, 0) is 6.54 Å². The van der Waals surface area contributed by atoms with Crippen molar-refractivity contribution in [3.8, 4) is 0 Å². The smallest absolute Gasteiger partial charge is 0.306 e. The highest BCUT2D eigenvalue weighted by molar-refractivity contribution is 5.75. The first-order chi connectivity index (χ1) is 14.7. The molecule has 5 rings (SSSR count). The molecule has 0 radical (unpaired) electrons. The first kappa shape index (κ1) is 18.8. The summed E-state index contributed by atoms with van der Waals surface area (Å²) < 4.78 is 15.4. The molecule has 152 valence electrons. The Bertz CT molecular complexity index is 1200. The van der Waals surface area contributed by atoms with Gasteiger partial charge in [0.25, 0.3) is 0 Å². The number of benzene rings is 3. The van der Waals surface area contributed by atoms with Gasteiger partial charge in [-0.2, -0.15) is 0 Å². The minimum atomic E-state index is -0.215. The van der Waals surface area contributed by atoms with Crippen LogP contribution in [0.3, 0.4) is 0 Å². The van der Waals surface area contributed by atoms with Crippen LogP contribution >= 0.6 is 0 Å². The third-order valence-electron chi connectivity index (χ3n) is 6.13. The van der Waals surface area contributed by atoms with E-state index in [-0.39, 0.29) is 23.6 Å². The van der Waals surface area contributed by atoms with Gasteiger partial charge in [-0.3, -0.25) is 9.47 Å². The first-order valence-corrected chi connectivity index (χ1v) is 10.4. The molecule has 0 saturated carbocycles. The van der Waals surface area contributed by atoms with Crippen molar-refractivity contribution >= 4 is 11.0 Å². The van der Waals surface area contributed by atoms with Gasteiger partial charge in [-0.1, -0.05) is 54.6 Å². The van der Waals surface area contributed by atoms with E-state index in [1.165, 1.54) is 17.7 Å². The van der Waals surface area contributed by atoms with Crippen molar-refractivity contribution in [2.45, 2.75) is 31.5 Å². The number of fused-ring (bicyclic) bond motifs is 1. The fraction of sp³-hybridized carbons (Fsp3) is 0.240. The molecule has 0 bridgehead atoms. The number of likely N-dealkylation sites (tertiary alicyclic amines) is 1. The molecule has 1 N–H and O–H groups in total. The maximum Gasteiger partial charge on any atom is 0.326 e. The van der Waals surface area contributed by atoms with Crippen molar-refractivity contribution in [2.24, 2.45) is 0 Å². The predicted octanol–water partition coefficient (Wildman–Crippen LogP) is 5.05. The van der Waals surface area contributed by atoms with Crippen LogP contribution in [0.25, 0.3) is 11.0 Å². The molecule has 2 heterocycles. The second kappa shape index (κ2) is 7.92. The Hall–Kier alpha value is -3.18. The largest absolute Gasteiger partial charge is 0.326 e. The van der Waals surface area contributed by atoms with Gasteiger partial charge in [0.1, 0.15) is 5.82 Å². The molecule has 0 unspecified atom stereocenters. The van der Waals surface area contributed by atoms with Crippen LogP contribution in [-0.4, -0.2) is 21.0 Å². The molecule has 1 aliphatic rings. The predicted molar refractivity (Wildman–Crippen MR) is 117 cm³/mol. The Morgan fingerprint density at radius 2 is 1.63 bits per heavy atom. The van der Waals surface area contributed by atoms with Crippen molar-refractivity contribution in [3.63, 3.8) is 0 Å². The Balaban J connectivity index is 1.49. The minimum Gasteiger partial charge on any atom is -0.306 e. The van der Waals surface area contributed by atoms with E-state index in [1.807, 2.05) is 59.2 Å². The van der Waals surface area contributed by atoms with Crippen LogP contribution in [0.15, 0.2) is 83.7 Å². The van der Waals surface area contributed by atoms with Crippen molar-refractivity contribution in [3.05, 3.63) is 106 Å². The molecule has 0 aliphatic carbocycles. The van der Waals surface area contributed by atoms with E-state index in [9.17, 15) is 9.18 Å². The molecular formula is C25H24FN3O. The van der Waals surface area contributed by atoms with E-state index >= 15 is 0 Å². The standard InChI is InChI=1S/C25H24FN3O/c26-20-12-10-19(11-13-20)23-15-14-21(17-28(23)16-18-6-2-1-3-7-18)29-24-9-5-4-8-22(24)27-25(29)30/h1-13,21,23H,14-17H2,(H,27,30)/t21-,23-/m1/s1. The fourth-order valence-electron chi connectivity index (χ4n) is 4.72. The number of rotatable bonds is 4. The van der Waals surface area contributed by atoms with Gasteiger partial charge in [-0.05, 0) is 48.2 Å². The average Bonchev–Trinajstić information content (AvgIpc) is 3.11. The number of aromatic amines is 1. The van der Waals surface area contributed by atoms with Crippen molar-refractivity contribution in [2.75, 3.05) is 6.54 Å². The van der Waals surface area contributed by atoms with Crippen LogP contribution in [0.1, 0.15) is 36.1 Å². The molecule has 1 aliphatic heterocycles. The zero-order valence-electron chi connectivity index (χ0n) is 16.7. The molecule has 1 aromatic heterocycles. The van der Waals surface area contributed by atoms with E-state index in [0.29, 0.717) is 0 Å². The lowest BCUT2D eigenvalue weighted by Gasteiger charge is -2.40. The normalized spacial score (nSPS) is 19.9. The highest BCUT2D eigenvalue weighted by atomic mass is 19.1. The summed E-state index contributed by atoms with van der Waals surface area (Å²) in [7, 11) is 0. The summed E-state index contributed by atoms with van der Waals surface area (Å²) in [5.74, 6) is -0.215. The highest BCUT2D eigenvalue weighted by Crippen LogP contribution is 2.37. The van der Waals surface area contributed by atoms with E-state index < -0.39 is 0 Å². The summed E-state index contributed by atoms with van der Waals surface area (Å²) >= 11 is 0. The van der Waals surface area contributed by atoms with E-state index in [2.05, 4.69) is 22.0 Å². The lowest BCUT2D eigenvalue weighted by atomic mass is 9.92. The Morgan fingerprint density at radius 1 is 0.900 bits per heavy atom. The van der Waals surface area contributed by atoms with Gasteiger partial charge in [0.15, 0.2) is 0 Å². The van der Waals surface area contributed by atoms with Crippen molar-refractivity contribution in [1.82, 2.24) is 14.5 Å².